The van der Waals surface area contributed by atoms with Crippen LogP contribution >= 0.6 is 0 Å². The summed E-state index contributed by atoms with van der Waals surface area (Å²) in [4.78, 5) is 25.4. The lowest BCUT2D eigenvalue weighted by atomic mass is 9.55. The zero-order valence-corrected chi connectivity index (χ0v) is 32.5. The predicted octanol–water partition coefficient (Wildman–Crippen LogP) is 3.51. The molecule has 9 N–H and O–H groups in total. The Labute approximate surface area is 348 Å². The van der Waals surface area contributed by atoms with Gasteiger partial charge < -0.3 is 64.5 Å². The van der Waals surface area contributed by atoms with Crippen LogP contribution in [0.1, 0.15) is 54.9 Å². The molecule has 0 bridgehead atoms. The van der Waals surface area contributed by atoms with E-state index in [9.17, 15) is 45.6 Å². The number of carboxylic acids is 1. The molecule has 0 amide bonds. The van der Waals surface area contributed by atoms with Gasteiger partial charge in [-0.1, -0.05) is 43.5 Å². The van der Waals surface area contributed by atoms with Crippen molar-refractivity contribution in [3.8, 4) is 34.5 Å². The second-order valence-electron chi connectivity index (χ2n) is 15.4. The molecule has 320 valence electrons. The number of hydrogen-bond donors (Lipinski definition) is 9. The van der Waals surface area contributed by atoms with Crippen molar-refractivity contribution in [3.63, 3.8) is 0 Å². The zero-order valence-electron chi connectivity index (χ0n) is 32.5. The molecule has 8 rings (SSSR count). The van der Waals surface area contributed by atoms with E-state index in [0.717, 1.165) is 6.42 Å². The van der Waals surface area contributed by atoms with Crippen LogP contribution < -0.4 is 18.9 Å². The van der Waals surface area contributed by atoms with Gasteiger partial charge in [-0.25, -0.2) is 14.8 Å². The Kier molecular flexibility index (Phi) is 11.3. The van der Waals surface area contributed by atoms with Gasteiger partial charge in [0.1, 0.15) is 84.0 Å². The minimum Gasteiger partial charge on any atom is -0.508 e. The molecule has 0 spiro atoms. The number of aliphatic hydroxyl groups excluding tert-OH is 4. The van der Waals surface area contributed by atoms with Crippen LogP contribution in [0.25, 0.3) is 5.76 Å². The number of nitrogens with zero attached hydrogens (tertiary/aromatic N) is 3. The van der Waals surface area contributed by atoms with E-state index in [0.29, 0.717) is 41.1 Å². The number of nitrogens with one attached hydrogen (secondary N) is 1. The van der Waals surface area contributed by atoms with Gasteiger partial charge in [0.15, 0.2) is 17.6 Å². The van der Waals surface area contributed by atoms with Crippen molar-refractivity contribution in [1.82, 2.24) is 0 Å². The van der Waals surface area contributed by atoms with Gasteiger partial charge in [0.25, 0.3) is 0 Å². The Hall–Kier alpha value is -6.31. The Balaban J connectivity index is 1.09. The number of aliphatic hydroxyl groups is 5. The molecule has 7 atom stereocenters. The van der Waals surface area contributed by atoms with Gasteiger partial charge in [0, 0.05) is 17.6 Å². The number of hydrogen-bond acceptors (Lipinski definition) is 16. The molecule has 5 aliphatic rings. The molecule has 1 saturated heterocycles. The number of carboxylic acid groups (broad SMARTS) is 1. The maximum absolute atomic E-state index is 13.0. The van der Waals surface area contributed by atoms with E-state index in [2.05, 4.69) is 15.0 Å². The monoisotopic (exact) mass is 840 g/mol. The number of phenols is 2. The van der Waals surface area contributed by atoms with Crippen molar-refractivity contribution >= 4 is 35.3 Å². The molecule has 0 aromatic heterocycles. The number of rotatable bonds is 13. The van der Waals surface area contributed by atoms with Gasteiger partial charge in [0.05, 0.1) is 18.0 Å². The van der Waals surface area contributed by atoms with Gasteiger partial charge in [-0.05, 0) is 60.4 Å². The molecular formula is C43H44N4O14. The summed E-state index contributed by atoms with van der Waals surface area (Å²) in [5.74, 6) is -3.25. The van der Waals surface area contributed by atoms with Crippen molar-refractivity contribution in [3.05, 3.63) is 89.5 Å². The van der Waals surface area contributed by atoms with Crippen molar-refractivity contribution in [2.75, 3.05) is 13.2 Å². The minimum absolute atomic E-state index is 0.0284. The highest BCUT2D eigenvalue weighted by molar-refractivity contribution is 6.15. The number of amidine groups is 1. The van der Waals surface area contributed by atoms with Gasteiger partial charge in [-0.3, -0.25) is 10.4 Å². The Morgan fingerprint density at radius 2 is 1.77 bits per heavy atom. The summed E-state index contributed by atoms with van der Waals surface area (Å²) >= 11 is 0. The molecule has 4 aliphatic heterocycles. The molecule has 4 heterocycles. The lowest BCUT2D eigenvalue weighted by Crippen LogP contribution is -2.76. The highest BCUT2D eigenvalue weighted by Gasteiger charge is 2.69. The highest BCUT2D eigenvalue weighted by Crippen LogP contribution is 2.55. The molecule has 2 fully saturated rings. The smallest absolute Gasteiger partial charge is 0.336 e. The average Bonchev–Trinajstić information content (AvgIpc) is 3.96. The van der Waals surface area contributed by atoms with E-state index in [4.69, 9.17) is 29.1 Å². The summed E-state index contributed by atoms with van der Waals surface area (Å²) in [5.41, 5.74) is -2.53. The van der Waals surface area contributed by atoms with Crippen LogP contribution in [0.15, 0.2) is 87.8 Å². The molecule has 0 radical (unpaired) electrons. The van der Waals surface area contributed by atoms with E-state index in [-0.39, 0.29) is 61.2 Å². The molecule has 18 nitrogen and oxygen atoms in total. The summed E-state index contributed by atoms with van der Waals surface area (Å²) in [7, 11) is 0. The third-order valence-corrected chi connectivity index (χ3v) is 11.7. The van der Waals surface area contributed by atoms with Crippen molar-refractivity contribution in [2.24, 2.45) is 20.4 Å². The first-order valence-corrected chi connectivity index (χ1v) is 19.6. The van der Waals surface area contributed by atoms with Crippen LogP contribution in [0, 0.1) is 10.8 Å². The fourth-order valence-corrected chi connectivity index (χ4v) is 8.63. The van der Waals surface area contributed by atoms with Crippen LogP contribution in [-0.2, 0) is 16.1 Å². The fourth-order valence-electron chi connectivity index (χ4n) is 8.63. The molecule has 3 aromatic rings. The summed E-state index contributed by atoms with van der Waals surface area (Å²) in [6.07, 6.45) is -2.26. The molecule has 1 saturated carbocycles. The number of aromatic hydroxyl groups is 2. The number of aliphatic carboxylic acids is 1. The fraction of sp³-hybridized carbons (Fsp3) is 0.372. The Morgan fingerprint density at radius 1 is 1.00 bits per heavy atom. The predicted molar refractivity (Wildman–Crippen MR) is 217 cm³/mol. The highest BCUT2D eigenvalue weighted by atomic mass is 16.7. The van der Waals surface area contributed by atoms with Crippen LogP contribution in [0.2, 0.25) is 0 Å². The lowest BCUT2D eigenvalue weighted by Gasteiger charge is -2.57. The van der Waals surface area contributed by atoms with E-state index >= 15 is 0 Å². The average molecular weight is 841 g/mol. The van der Waals surface area contributed by atoms with E-state index in [1.165, 1.54) is 42.8 Å². The number of phenolic OH excluding ortho intramolecular Hbond substituents is 2. The summed E-state index contributed by atoms with van der Waals surface area (Å²) in [6.45, 7) is -0.320. The minimum atomic E-state index is -2.59. The molecular weight excluding hydrogens is 796 g/mol. The maximum atomic E-state index is 13.0. The molecule has 18 heteroatoms. The van der Waals surface area contributed by atoms with E-state index in [1.807, 2.05) is 0 Å². The van der Waals surface area contributed by atoms with E-state index < -0.39 is 71.1 Å². The topological polar surface area (TPSA) is 286 Å². The van der Waals surface area contributed by atoms with Crippen LogP contribution in [0.5, 0.6) is 34.5 Å². The zero-order chi connectivity index (χ0) is 43.1. The summed E-state index contributed by atoms with van der Waals surface area (Å²) < 4.78 is 29.9. The van der Waals surface area contributed by atoms with Crippen molar-refractivity contribution in [1.29, 1.82) is 5.41 Å². The third kappa shape index (κ3) is 7.68. The number of ether oxygens (including phenoxy) is 5. The molecule has 7 unspecified atom stereocenters. The third-order valence-electron chi connectivity index (χ3n) is 11.7. The van der Waals surface area contributed by atoms with Gasteiger partial charge in [-0.15, -0.1) is 0 Å². The second-order valence-corrected chi connectivity index (χ2v) is 15.4. The van der Waals surface area contributed by atoms with Gasteiger partial charge in [0.2, 0.25) is 12.0 Å². The van der Waals surface area contributed by atoms with Crippen LogP contribution in [0.4, 0.5) is 0 Å². The van der Waals surface area contributed by atoms with Crippen LogP contribution in [-0.4, -0.2) is 120 Å². The first-order chi connectivity index (χ1) is 29.3. The lowest BCUT2D eigenvalue weighted by molar-refractivity contribution is -0.326. The SMILES string of the molecule is N=C1C=CC(C(O)COc2ccc(C3C=C(O)c4c(cc(OC5OC(C(=O)O)C(O)(C6(C7=NC=NC7)CCCCC6)C(O)C5O)c(OCc5cccc(O)c5)c4O)O3)cc2)=N1. The number of fused-ring (bicyclic) bond motifs is 1. The number of aliphatic imine (C=N–C) groups is 3. The molecule has 3 aromatic carbocycles. The second kappa shape index (κ2) is 16.6. The first-order valence-electron chi connectivity index (χ1n) is 19.6. The van der Waals surface area contributed by atoms with Crippen molar-refractivity contribution < 1.29 is 69.3 Å². The molecule has 61 heavy (non-hydrogen) atoms. The summed E-state index contributed by atoms with van der Waals surface area (Å²) in [5, 5.41) is 97.5. The van der Waals surface area contributed by atoms with Gasteiger partial charge in [-0.2, -0.15) is 0 Å². The maximum Gasteiger partial charge on any atom is 0.336 e. The normalized spacial score (nSPS) is 27.0. The van der Waals surface area contributed by atoms with E-state index in [1.54, 1.807) is 36.4 Å². The Morgan fingerprint density at radius 3 is 2.44 bits per heavy atom. The number of benzene rings is 3. The number of carbonyl (C=O) groups is 1. The first kappa shape index (κ1) is 41.4. The van der Waals surface area contributed by atoms with Gasteiger partial charge >= 0.3 is 5.97 Å². The standard InChI is InChI=1S/C43H44N4O14/c44-33-12-11-26(47-33)28(50)20-57-25-9-7-23(8-10-25)29-16-27(49)34-30(59-29)17-31(37(35(34)51)58-19-22-5-4-6-24(48)15-22)60-41-36(52)38(53)43(56,39(61-41)40(54)55)42(13-2-1-3-14-42)32-18-45-21-46-32/h4-12,15-17,21,28-29,36,38-39,41,44,48-53,56H,1-3,13-14,18-20H2,(H,54,55). The van der Waals surface area contributed by atoms with Crippen molar-refractivity contribution in [2.45, 2.75) is 81.1 Å². The Bertz CT molecular complexity index is 2350. The quantitative estimate of drug-likeness (QED) is 0.119. The molecule has 1 aliphatic carbocycles. The summed E-state index contributed by atoms with van der Waals surface area (Å²) in [6, 6.07) is 13.8. The van der Waals surface area contributed by atoms with Crippen LogP contribution in [0.3, 0.4) is 0 Å². The largest absolute Gasteiger partial charge is 0.508 e.